The third-order valence-corrected chi connectivity index (χ3v) is 3.54. The number of likely N-dealkylation sites (tertiary alicyclic amines) is 1. The number of nitrogens with zero attached hydrogens (tertiary/aromatic N) is 1. The van der Waals surface area contributed by atoms with Crippen molar-refractivity contribution in [1.29, 1.82) is 0 Å². The van der Waals surface area contributed by atoms with Crippen LogP contribution < -0.4 is 5.32 Å². The zero-order valence-electron chi connectivity index (χ0n) is 12.0. The lowest BCUT2D eigenvalue weighted by atomic mass is 10.1. The van der Waals surface area contributed by atoms with Crippen molar-refractivity contribution >= 4 is 33.7 Å². The van der Waals surface area contributed by atoms with Crippen LogP contribution in [0.1, 0.15) is 19.8 Å². The number of amides is 2. The summed E-state index contributed by atoms with van der Waals surface area (Å²) in [5.74, 6) is -1.39. The quantitative estimate of drug-likeness (QED) is 0.667. The zero-order chi connectivity index (χ0) is 16.2. The van der Waals surface area contributed by atoms with Gasteiger partial charge in [-0.25, -0.2) is 4.79 Å². The first-order chi connectivity index (χ1) is 9.76. The number of hydrogen-bond acceptors (Lipinski definition) is 5. The number of aliphatic hydroxyl groups is 1. The Morgan fingerprint density at radius 2 is 2.14 bits per heavy atom. The number of carbonyl (C=O) groups excluding carboxylic acids is 3. The molecular formula is C13H19BrN2O5. The Hall–Kier alpha value is -1.41. The molecule has 3 atom stereocenters. The van der Waals surface area contributed by atoms with E-state index >= 15 is 0 Å². The van der Waals surface area contributed by atoms with Crippen LogP contribution in [0.3, 0.4) is 0 Å². The number of rotatable bonds is 5. The fourth-order valence-corrected chi connectivity index (χ4v) is 2.56. The average Bonchev–Trinajstić information content (AvgIpc) is 2.78. The molecule has 0 aromatic carbocycles. The number of methoxy groups -OCH3 is 1. The van der Waals surface area contributed by atoms with Crippen molar-refractivity contribution in [2.75, 3.05) is 13.7 Å². The van der Waals surface area contributed by atoms with Crippen LogP contribution in [-0.2, 0) is 19.1 Å². The molecule has 1 fully saturated rings. The van der Waals surface area contributed by atoms with E-state index in [2.05, 4.69) is 32.6 Å². The number of aliphatic hydroxyl groups excluding tert-OH is 1. The number of hydrogen-bond donors (Lipinski definition) is 2. The maximum Gasteiger partial charge on any atom is 0.328 e. The van der Waals surface area contributed by atoms with Crippen molar-refractivity contribution in [2.24, 2.45) is 0 Å². The highest BCUT2D eigenvalue weighted by molar-refractivity contribution is 9.11. The van der Waals surface area contributed by atoms with Gasteiger partial charge in [0.25, 0.3) is 0 Å². The SMILES string of the molecule is C=C(Br)C[C@H](NC(=O)[C@@H]1C[C@@H](O)CN1C(C)=O)C(=O)OC. The predicted octanol–water partition coefficient (Wildman–Crippen LogP) is -0.0754. The average molecular weight is 363 g/mol. The van der Waals surface area contributed by atoms with Crippen molar-refractivity contribution < 1.29 is 24.2 Å². The fraction of sp³-hybridized carbons (Fsp3) is 0.615. The molecule has 7 nitrogen and oxygen atoms in total. The summed E-state index contributed by atoms with van der Waals surface area (Å²) in [6, 6.07) is -1.67. The van der Waals surface area contributed by atoms with Gasteiger partial charge in [-0.3, -0.25) is 9.59 Å². The summed E-state index contributed by atoms with van der Waals surface area (Å²) in [7, 11) is 1.22. The highest BCUT2D eigenvalue weighted by Crippen LogP contribution is 2.19. The number of nitrogens with one attached hydrogen (secondary N) is 1. The second-order valence-electron chi connectivity index (χ2n) is 4.88. The Balaban J connectivity index is 2.78. The lowest BCUT2D eigenvalue weighted by Crippen LogP contribution is -2.50. The van der Waals surface area contributed by atoms with Gasteiger partial charge in [0.2, 0.25) is 11.8 Å². The molecule has 21 heavy (non-hydrogen) atoms. The molecule has 0 unspecified atom stereocenters. The molecule has 0 saturated carbocycles. The maximum absolute atomic E-state index is 12.2. The summed E-state index contributed by atoms with van der Waals surface area (Å²) in [5.41, 5.74) is 0. The Morgan fingerprint density at radius 1 is 1.52 bits per heavy atom. The zero-order valence-corrected chi connectivity index (χ0v) is 13.6. The minimum atomic E-state index is -0.888. The minimum absolute atomic E-state index is 0.113. The highest BCUT2D eigenvalue weighted by atomic mass is 79.9. The Bertz CT molecular complexity index is 454. The van der Waals surface area contributed by atoms with Gasteiger partial charge < -0.3 is 20.1 Å². The third-order valence-electron chi connectivity index (χ3n) is 3.21. The van der Waals surface area contributed by atoms with Crippen LogP contribution >= 0.6 is 15.9 Å². The van der Waals surface area contributed by atoms with Crippen LogP contribution in [-0.4, -0.2) is 59.6 Å². The molecule has 118 valence electrons. The van der Waals surface area contributed by atoms with Gasteiger partial charge >= 0.3 is 5.97 Å². The van der Waals surface area contributed by atoms with Crippen molar-refractivity contribution in [1.82, 2.24) is 10.2 Å². The molecule has 1 heterocycles. The molecule has 0 aliphatic carbocycles. The predicted molar refractivity (Wildman–Crippen MR) is 78.4 cm³/mol. The van der Waals surface area contributed by atoms with E-state index in [0.29, 0.717) is 4.48 Å². The largest absolute Gasteiger partial charge is 0.467 e. The number of β-amino-alcohol motifs (C(OH)–C–C–N with tert-alkyl or cyclic N) is 1. The molecule has 0 spiro atoms. The van der Waals surface area contributed by atoms with Crippen LogP contribution in [0, 0.1) is 0 Å². The second kappa shape index (κ2) is 7.56. The first-order valence-electron chi connectivity index (χ1n) is 6.43. The van der Waals surface area contributed by atoms with E-state index in [9.17, 15) is 19.5 Å². The van der Waals surface area contributed by atoms with Crippen molar-refractivity contribution in [2.45, 2.75) is 38.0 Å². The van der Waals surface area contributed by atoms with Crippen LogP contribution in [0.4, 0.5) is 0 Å². The molecule has 2 amide bonds. The summed E-state index contributed by atoms with van der Waals surface area (Å²) in [6.07, 6.45) is -0.421. The second-order valence-corrected chi connectivity index (χ2v) is 6.00. The smallest absolute Gasteiger partial charge is 0.328 e. The van der Waals surface area contributed by atoms with Gasteiger partial charge in [-0.1, -0.05) is 22.5 Å². The van der Waals surface area contributed by atoms with Crippen LogP contribution in [0.2, 0.25) is 0 Å². The maximum atomic E-state index is 12.2. The Morgan fingerprint density at radius 3 is 2.62 bits per heavy atom. The molecule has 2 N–H and O–H groups in total. The lowest BCUT2D eigenvalue weighted by Gasteiger charge is -2.24. The van der Waals surface area contributed by atoms with Gasteiger partial charge in [0.1, 0.15) is 12.1 Å². The minimum Gasteiger partial charge on any atom is -0.467 e. The molecule has 0 aromatic rings. The van der Waals surface area contributed by atoms with Gasteiger partial charge in [0.15, 0.2) is 0 Å². The summed E-state index contributed by atoms with van der Waals surface area (Å²) in [4.78, 5) is 36.7. The summed E-state index contributed by atoms with van der Waals surface area (Å²) < 4.78 is 5.16. The molecule has 8 heteroatoms. The normalized spacial score (nSPS) is 22.6. The van der Waals surface area contributed by atoms with E-state index in [-0.39, 0.29) is 25.3 Å². The summed E-state index contributed by atoms with van der Waals surface area (Å²) in [5, 5.41) is 12.2. The fourth-order valence-electron chi connectivity index (χ4n) is 2.24. The Kier molecular flexibility index (Phi) is 6.35. The van der Waals surface area contributed by atoms with Gasteiger partial charge in [-0.15, -0.1) is 0 Å². The number of esters is 1. The van der Waals surface area contributed by atoms with E-state index in [1.54, 1.807) is 0 Å². The highest BCUT2D eigenvalue weighted by Gasteiger charge is 2.38. The first-order valence-corrected chi connectivity index (χ1v) is 7.22. The van der Waals surface area contributed by atoms with E-state index in [4.69, 9.17) is 0 Å². The molecule has 1 aliphatic rings. The molecule has 0 radical (unpaired) electrons. The standard InChI is InChI=1S/C13H19BrN2O5/c1-7(14)4-10(13(20)21-3)15-12(19)11-5-9(18)6-16(11)8(2)17/h9-11,18H,1,4-6H2,2-3H3,(H,15,19)/t9-,10+,11+/m1/s1. The first kappa shape index (κ1) is 17.6. The number of ether oxygens (including phenoxy) is 1. The van der Waals surface area contributed by atoms with Gasteiger partial charge in [0.05, 0.1) is 13.2 Å². The van der Waals surface area contributed by atoms with E-state index in [0.717, 1.165) is 0 Å². The molecule has 1 rings (SSSR count). The van der Waals surface area contributed by atoms with Crippen molar-refractivity contribution in [3.8, 4) is 0 Å². The third kappa shape index (κ3) is 4.82. The molecule has 1 aliphatic heterocycles. The topological polar surface area (TPSA) is 95.9 Å². The molecule has 0 aromatic heterocycles. The summed E-state index contributed by atoms with van der Waals surface area (Å²) in [6.45, 7) is 5.07. The van der Waals surface area contributed by atoms with Crippen LogP contribution in [0.25, 0.3) is 0 Å². The van der Waals surface area contributed by atoms with Crippen molar-refractivity contribution in [3.63, 3.8) is 0 Å². The van der Waals surface area contributed by atoms with E-state index in [1.165, 1.54) is 18.9 Å². The van der Waals surface area contributed by atoms with Gasteiger partial charge in [-0.2, -0.15) is 0 Å². The van der Waals surface area contributed by atoms with E-state index < -0.39 is 30.1 Å². The monoisotopic (exact) mass is 362 g/mol. The number of carbonyl (C=O) groups is 3. The van der Waals surface area contributed by atoms with Gasteiger partial charge in [-0.05, 0) is 4.48 Å². The molecule has 1 saturated heterocycles. The Labute approximate surface area is 131 Å². The van der Waals surface area contributed by atoms with Crippen LogP contribution in [0.5, 0.6) is 0 Å². The van der Waals surface area contributed by atoms with Crippen molar-refractivity contribution in [3.05, 3.63) is 11.1 Å². The van der Waals surface area contributed by atoms with Crippen LogP contribution in [0.15, 0.2) is 11.1 Å². The lowest BCUT2D eigenvalue weighted by molar-refractivity contribution is -0.146. The molecular weight excluding hydrogens is 344 g/mol. The summed E-state index contributed by atoms with van der Waals surface area (Å²) >= 11 is 3.13. The number of halogens is 1. The van der Waals surface area contributed by atoms with E-state index in [1.807, 2.05) is 0 Å². The molecule has 0 bridgehead atoms. The van der Waals surface area contributed by atoms with Gasteiger partial charge in [0, 0.05) is 26.3 Å².